The summed E-state index contributed by atoms with van der Waals surface area (Å²) in [6, 6.07) is 3.33. The molecule has 0 radical (unpaired) electrons. The number of carbonyl (C=O) groups is 1. The van der Waals surface area contributed by atoms with Crippen LogP contribution in [0.1, 0.15) is 37.8 Å². The van der Waals surface area contributed by atoms with Crippen LogP contribution in [-0.4, -0.2) is 41.7 Å². The molecule has 21 heavy (non-hydrogen) atoms. The topological polar surface area (TPSA) is 58.4 Å². The fourth-order valence-electron chi connectivity index (χ4n) is 3.27. The van der Waals surface area contributed by atoms with Gasteiger partial charge >= 0.3 is 0 Å². The van der Waals surface area contributed by atoms with Crippen LogP contribution < -0.4 is 11.1 Å². The van der Waals surface area contributed by atoms with Crippen LogP contribution in [0.5, 0.6) is 0 Å². The van der Waals surface area contributed by atoms with Crippen molar-refractivity contribution in [1.82, 2.24) is 10.2 Å². The molecule has 1 fully saturated rings. The summed E-state index contributed by atoms with van der Waals surface area (Å²) in [5.41, 5.74) is 6.76. The lowest BCUT2D eigenvalue weighted by molar-refractivity contribution is -0.119. The summed E-state index contributed by atoms with van der Waals surface area (Å²) in [6.45, 7) is 4.65. The standard InChI is InChI=1S/C15H23N3OS2/c1-10-8-13(12-4-7-20-15(12)21-10)17-11-2-5-18(6-3-11)9-14(16)19/h4,7,10-11,13,17H,2-3,5-6,8-9H2,1H3,(H2,16,19)/t10-,13?/m0/s1. The van der Waals surface area contributed by atoms with Crippen LogP contribution in [-0.2, 0) is 4.79 Å². The maximum Gasteiger partial charge on any atom is 0.231 e. The maximum absolute atomic E-state index is 11.0. The molecule has 1 aromatic rings. The van der Waals surface area contributed by atoms with E-state index in [2.05, 4.69) is 28.6 Å². The van der Waals surface area contributed by atoms with Crippen molar-refractivity contribution in [3.05, 3.63) is 17.0 Å². The largest absolute Gasteiger partial charge is 0.369 e. The number of thiophene rings is 1. The van der Waals surface area contributed by atoms with Crippen molar-refractivity contribution >= 4 is 29.0 Å². The van der Waals surface area contributed by atoms with E-state index < -0.39 is 0 Å². The molecule has 1 aromatic heterocycles. The number of carbonyl (C=O) groups excluding carboxylic acids is 1. The normalized spacial score (nSPS) is 27.5. The second-order valence-corrected chi connectivity index (χ2v) is 8.69. The van der Waals surface area contributed by atoms with Crippen LogP contribution >= 0.6 is 23.1 Å². The minimum Gasteiger partial charge on any atom is -0.369 e. The van der Waals surface area contributed by atoms with Crippen molar-refractivity contribution in [3.63, 3.8) is 0 Å². The van der Waals surface area contributed by atoms with Crippen molar-refractivity contribution in [1.29, 1.82) is 0 Å². The van der Waals surface area contributed by atoms with Crippen LogP contribution in [0.25, 0.3) is 0 Å². The number of nitrogens with zero attached hydrogens (tertiary/aromatic N) is 1. The lowest BCUT2D eigenvalue weighted by atomic mass is 9.99. The summed E-state index contributed by atoms with van der Waals surface area (Å²) in [7, 11) is 0. The molecule has 1 unspecified atom stereocenters. The number of likely N-dealkylation sites (tertiary alicyclic amines) is 1. The van der Waals surface area contributed by atoms with Gasteiger partial charge in [-0.1, -0.05) is 6.92 Å². The number of amides is 1. The van der Waals surface area contributed by atoms with Gasteiger partial charge in [0.05, 0.1) is 10.8 Å². The van der Waals surface area contributed by atoms with Gasteiger partial charge in [-0.25, -0.2) is 0 Å². The second kappa shape index (κ2) is 6.69. The predicted octanol–water partition coefficient (Wildman–Crippen LogP) is 2.21. The fourth-order valence-corrected chi connectivity index (χ4v) is 5.84. The predicted molar refractivity (Wildman–Crippen MR) is 88.8 cm³/mol. The first kappa shape index (κ1) is 15.3. The zero-order chi connectivity index (χ0) is 14.8. The van der Waals surface area contributed by atoms with Gasteiger partial charge in [0, 0.05) is 30.4 Å². The molecule has 0 aromatic carbocycles. The molecule has 1 saturated heterocycles. The van der Waals surface area contributed by atoms with E-state index >= 15 is 0 Å². The molecule has 0 bridgehead atoms. The summed E-state index contributed by atoms with van der Waals surface area (Å²) in [5.74, 6) is -0.220. The molecule has 2 atom stereocenters. The quantitative estimate of drug-likeness (QED) is 0.891. The average Bonchev–Trinajstić information content (AvgIpc) is 2.88. The smallest absolute Gasteiger partial charge is 0.231 e. The number of piperidine rings is 1. The van der Waals surface area contributed by atoms with Crippen molar-refractivity contribution < 1.29 is 4.79 Å². The van der Waals surface area contributed by atoms with Crippen molar-refractivity contribution in [2.45, 2.75) is 47.7 Å². The summed E-state index contributed by atoms with van der Waals surface area (Å²) < 4.78 is 1.48. The number of rotatable bonds is 4. The first-order chi connectivity index (χ1) is 10.1. The van der Waals surface area contributed by atoms with Crippen LogP contribution in [0.2, 0.25) is 0 Å². The number of fused-ring (bicyclic) bond motifs is 1. The molecule has 3 rings (SSSR count). The Morgan fingerprint density at radius 2 is 2.24 bits per heavy atom. The molecular weight excluding hydrogens is 302 g/mol. The van der Waals surface area contributed by atoms with Gasteiger partial charge in [-0.05, 0) is 36.3 Å². The number of primary amides is 1. The molecule has 1 amide bonds. The minimum atomic E-state index is -0.220. The molecule has 3 N–H and O–H groups in total. The second-order valence-electron chi connectivity index (χ2n) is 6.06. The Morgan fingerprint density at radius 3 is 2.95 bits per heavy atom. The van der Waals surface area contributed by atoms with Gasteiger partial charge in [-0.15, -0.1) is 23.1 Å². The van der Waals surface area contributed by atoms with Crippen molar-refractivity contribution in [2.75, 3.05) is 19.6 Å². The first-order valence-electron chi connectivity index (χ1n) is 7.62. The number of hydrogen-bond donors (Lipinski definition) is 2. The number of nitrogens with two attached hydrogens (primary N) is 1. The molecule has 2 aliphatic heterocycles. The van der Waals surface area contributed by atoms with E-state index in [4.69, 9.17) is 5.73 Å². The van der Waals surface area contributed by atoms with Gasteiger partial charge in [0.15, 0.2) is 0 Å². The molecule has 0 saturated carbocycles. The molecule has 116 valence electrons. The summed E-state index contributed by atoms with van der Waals surface area (Å²) in [5, 5.41) is 6.75. The summed E-state index contributed by atoms with van der Waals surface area (Å²) in [6.07, 6.45) is 3.41. The molecule has 0 aliphatic carbocycles. The lowest BCUT2D eigenvalue weighted by Gasteiger charge is -2.36. The fraction of sp³-hybridized carbons (Fsp3) is 0.667. The highest BCUT2D eigenvalue weighted by molar-refractivity contribution is 8.01. The molecule has 6 heteroatoms. The number of nitrogens with one attached hydrogen (secondary N) is 1. The third kappa shape index (κ3) is 3.80. The van der Waals surface area contributed by atoms with Crippen LogP contribution in [0.3, 0.4) is 0 Å². The average molecular weight is 326 g/mol. The van der Waals surface area contributed by atoms with E-state index in [1.807, 2.05) is 23.1 Å². The Balaban J connectivity index is 1.55. The highest BCUT2D eigenvalue weighted by atomic mass is 32.2. The van der Waals surface area contributed by atoms with Gasteiger partial charge in [0.25, 0.3) is 0 Å². The first-order valence-corrected chi connectivity index (χ1v) is 9.38. The lowest BCUT2D eigenvalue weighted by Crippen LogP contribution is -2.46. The zero-order valence-corrected chi connectivity index (χ0v) is 14.0. The number of hydrogen-bond acceptors (Lipinski definition) is 5. The van der Waals surface area contributed by atoms with E-state index in [9.17, 15) is 4.79 Å². The third-order valence-corrected chi connectivity index (χ3v) is 6.66. The monoisotopic (exact) mass is 325 g/mol. The molecule has 3 heterocycles. The van der Waals surface area contributed by atoms with E-state index in [-0.39, 0.29) is 5.91 Å². The maximum atomic E-state index is 11.0. The van der Waals surface area contributed by atoms with Gasteiger partial charge in [-0.2, -0.15) is 0 Å². The zero-order valence-electron chi connectivity index (χ0n) is 12.4. The highest BCUT2D eigenvalue weighted by Crippen LogP contribution is 2.44. The van der Waals surface area contributed by atoms with Gasteiger partial charge in [-0.3, -0.25) is 9.69 Å². The SMILES string of the molecule is C[C@H]1CC(NC2CCN(CC(N)=O)CC2)c2ccsc2S1. The minimum absolute atomic E-state index is 0.220. The molecule has 0 spiro atoms. The van der Waals surface area contributed by atoms with Gasteiger partial charge < -0.3 is 11.1 Å². The van der Waals surface area contributed by atoms with E-state index in [1.54, 1.807) is 0 Å². The Hall–Kier alpha value is -0.560. The molecule has 4 nitrogen and oxygen atoms in total. The van der Waals surface area contributed by atoms with E-state index in [0.29, 0.717) is 23.9 Å². The Labute approximate surface area is 134 Å². The van der Waals surface area contributed by atoms with E-state index in [1.165, 1.54) is 16.2 Å². The summed E-state index contributed by atoms with van der Waals surface area (Å²) in [4.78, 5) is 13.1. The van der Waals surface area contributed by atoms with Crippen LogP contribution in [0, 0.1) is 0 Å². The van der Waals surface area contributed by atoms with Gasteiger partial charge in [0.1, 0.15) is 0 Å². The summed E-state index contributed by atoms with van der Waals surface area (Å²) >= 11 is 3.88. The third-order valence-electron chi connectivity index (χ3n) is 4.31. The Kier molecular flexibility index (Phi) is 4.88. The van der Waals surface area contributed by atoms with E-state index in [0.717, 1.165) is 25.9 Å². The Morgan fingerprint density at radius 1 is 1.48 bits per heavy atom. The van der Waals surface area contributed by atoms with Crippen LogP contribution in [0.4, 0.5) is 0 Å². The van der Waals surface area contributed by atoms with Gasteiger partial charge in [0.2, 0.25) is 5.91 Å². The Bertz CT molecular complexity index is 497. The molecular formula is C15H23N3OS2. The molecule has 2 aliphatic rings. The number of thioether (sulfide) groups is 1. The van der Waals surface area contributed by atoms with Crippen molar-refractivity contribution in [3.8, 4) is 0 Å². The van der Waals surface area contributed by atoms with Crippen LogP contribution in [0.15, 0.2) is 15.7 Å². The highest BCUT2D eigenvalue weighted by Gasteiger charge is 2.29. The van der Waals surface area contributed by atoms with Crippen molar-refractivity contribution in [2.24, 2.45) is 5.73 Å².